The van der Waals surface area contributed by atoms with Crippen LogP contribution in [0.1, 0.15) is 47.8 Å². The number of hydrogen-bond donors (Lipinski definition) is 2. The number of amides is 2. The van der Waals surface area contributed by atoms with Crippen molar-refractivity contribution in [2.75, 3.05) is 10.6 Å². The van der Waals surface area contributed by atoms with E-state index in [0.717, 1.165) is 29.3 Å². The van der Waals surface area contributed by atoms with E-state index in [1.807, 2.05) is 18.2 Å². The summed E-state index contributed by atoms with van der Waals surface area (Å²) >= 11 is 2.86. The molecule has 0 saturated heterocycles. The molecule has 0 bridgehead atoms. The SMILES string of the molecule is CCC(=O)Nc1nnc([C@H]2C[C@@H](Cc3nnc(NC(=O)Cc4ccccn4)s3)C2)s1. The van der Waals surface area contributed by atoms with Crippen molar-refractivity contribution in [1.82, 2.24) is 25.4 Å². The Hall–Kier alpha value is -2.79. The van der Waals surface area contributed by atoms with E-state index in [1.165, 1.54) is 22.7 Å². The summed E-state index contributed by atoms with van der Waals surface area (Å²) in [7, 11) is 0. The molecule has 0 radical (unpaired) electrons. The van der Waals surface area contributed by atoms with E-state index in [1.54, 1.807) is 13.1 Å². The van der Waals surface area contributed by atoms with Gasteiger partial charge in [-0.25, -0.2) is 0 Å². The highest BCUT2D eigenvalue weighted by Crippen LogP contribution is 2.44. The number of carbonyl (C=O) groups is 2. The van der Waals surface area contributed by atoms with Gasteiger partial charge in [0.15, 0.2) is 0 Å². The molecular formula is C19H21N7O2S2. The van der Waals surface area contributed by atoms with Crippen LogP contribution in [0.5, 0.6) is 0 Å². The summed E-state index contributed by atoms with van der Waals surface area (Å²) < 4.78 is 0. The van der Waals surface area contributed by atoms with Gasteiger partial charge in [-0.3, -0.25) is 14.6 Å². The Morgan fingerprint density at radius 1 is 1.03 bits per heavy atom. The minimum absolute atomic E-state index is 0.0524. The quantitative estimate of drug-likeness (QED) is 0.548. The second-order valence-corrected chi connectivity index (χ2v) is 9.20. The molecule has 4 rings (SSSR count). The highest BCUT2D eigenvalue weighted by atomic mass is 32.1. The summed E-state index contributed by atoms with van der Waals surface area (Å²) in [4.78, 5) is 27.7. The van der Waals surface area contributed by atoms with Gasteiger partial charge in [0.05, 0.1) is 6.42 Å². The molecule has 3 aromatic rings. The summed E-state index contributed by atoms with van der Waals surface area (Å²) in [5, 5.41) is 25.1. The van der Waals surface area contributed by atoms with Crippen LogP contribution in [0, 0.1) is 5.92 Å². The van der Waals surface area contributed by atoms with Crippen LogP contribution in [0.3, 0.4) is 0 Å². The summed E-state index contributed by atoms with van der Waals surface area (Å²) in [6.45, 7) is 1.80. The predicted molar refractivity (Wildman–Crippen MR) is 114 cm³/mol. The van der Waals surface area contributed by atoms with Gasteiger partial charge in [-0.1, -0.05) is 35.7 Å². The van der Waals surface area contributed by atoms with Gasteiger partial charge in [0, 0.05) is 30.7 Å². The monoisotopic (exact) mass is 443 g/mol. The topological polar surface area (TPSA) is 123 Å². The van der Waals surface area contributed by atoms with Gasteiger partial charge >= 0.3 is 0 Å². The smallest absolute Gasteiger partial charge is 0.232 e. The largest absolute Gasteiger partial charge is 0.301 e. The van der Waals surface area contributed by atoms with E-state index in [4.69, 9.17) is 0 Å². The van der Waals surface area contributed by atoms with Gasteiger partial charge in [0.2, 0.25) is 22.1 Å². The van der Waals surface area contributed by atoms with Gasteiger partial charge < -0.3 is 10.6 Å². The fourth-order valence-electron chi connectivity index (χ4n) is 3.23. The second-order valence-electron chi connectivity index (χ2n) is 7.13. The Labute approximate surface area is 181 Å². The van der Waals surface area contributed by atoms with Crippen molar-refractivity contribution in [1.29, 1.82) is 0 Å². The molecule has 0 aliphatic heterocycles. The van der Waals surface area contributed by atoms with E-state index in [9.17, 15) is 9.59 Å². The van der Waals surface area contributed by atoms with Crippen molar-refractivity contribution in [3.63, 3.8) is 0 Å². The van der Waals surface area contributed by atoms with E-state index in [2.05, 4.69) is 36.0 Å². The lowest BCUT2D eigenvalue weighted by Crippen LogP contribution is -2.23. The van der Waals surface area contributed by atoms with Gasteiger partial charge in [-0.2, -0.15) is 0 Å². The van der Waals surface area contributed by atoms with E-state index in [-0.39, 0.29) is 18.2 Å². The molecule has 3 heterocycles. The minimum atomic E-state index is -0.151. The first-order valence-corrected chi connectivity index (χ1v) is 11.4. The molecule has 30 heavy (non-hydrogen) atoms. The molecule has 156 valence electrons. The van der Waals surface area contributed by atoms with Crippen molar-refractivity contribution < 1.29 is 9.59 Å². The Morgan fingerprint density at radius 3 is 2.57 bits per heavy atom. The molecule has 3 aromatic heterocycles. The second kappa shape index (κ2) is 9.35. The molecule has 9 nitrogen and oxygen atoms in total. The number of anilines is 2. The molecular weight excluding hydrogens is 422 g/mol. The zero-order valence-electron chi connectivity index (χ0n) is 16.4. The number of hydrogen-bond acceptors (Lipinski definition) is 9. The predicted octanol–water partition coefficient (Wildman–Crippen LogP) is 3.05. The highest BCUT2D eigenvalue weighted by molar-refractivity contribution is 7.15. The zero-order valence-corrected chi connectivity index (χ0v) is 18.0. The molecule has 0 atom stereocenters. The van der Waals surface area contributed by atoms with Gasteiger partial charge in [0.1, 0.15) is 10.0 Å². The molecule has 1 aliphatic carbocycles. The number of aromatic nitrogens is 5. The fourth-order valence-corrected chi connectivity index (χ4v) is 4.98. The molecule has 1 fully saturated rings. The normalized spacial score (nSPS) is 17.9. The van der Waals surface area contributed by atoms with E-state index < -0.39 is 0 Å². The van der Waals surface area contributed by atoms with Crippen LogP contribution in [0.4, 0.5) is 10.3 Å². The fraction of sp³-hybridized carbons (Fsp3) is 0.421. The third-order valence-corrected chi connectivity index (χ3v) is 6.70. The highest BCUT2D eigenvalue weighted by Gasteiger charge is 2.33. The van der Waals surface area contributed by atoms with E-state index in [0.29, 0.717) is 34.2 Å². The summed E-state index contributed by atoms with van der Waals surface area (Å²) in [5.41, 5.74) is 0.717. The van der Waals surface area contributed by atoms with Gasteiger partial charge in [-0.05, 0) is 30.9 Å². The third kappa shape index (κ3) is 5.22. The first kappa shape index (κ1) is 20.5. The van der Waals surface area contributed by atoms with Crippen molar-refractivity contribution in [2.24, 2.45) is 5.92 Å². The third-order valence-electron chi connectivity index (χ3n) is 4.84. The van der Waals surface area contributed by atoms with Crippen LogP contribution >= 0.6 is 22.7 Å². The molecule has 11 heteroatoms. The van der Waals surface area contributed by atoms with Gasteiger partial charge in [-0.15, -0.1) is 20.4 Å². The average molecular weight is 444 g/mol. The molecule has 2 N–H and O–H groups in total. The first-order valence-electron chi connectivity index (χ1n) is 9.74. The molecule has 0 unspecified atom stereocenters. The number of carbonyl (C=O) groups excluding carboxylic acids is 2. The first-order chi connectivity index (χ1) is 14.6. The lowest BCUT2D eigenvalue weighted by Gasteiger charge is -2.32. The summed E-state index contributed by atoms with van der Waals surface area (Å²) in [6, 6.07) is 5.49. The Kier molecular flexibility index (Phi) is 6.38. The Morgan fingerprint density at radius 2 is 1.80 bits per heavy atom. The molecule has 2 amide bonds. The van der Waals surface area contributed by atoms with Crippen molar-refractivity contribution in [3.05, 3.63) is 40.1 Å². The number of nitrogens with one attached hydrogen (secondary N) is 2. The van der Waals surface area contributed by atoms with Crippen molar-refractivity contribution >= 4 is 44.8 Å². The maximum Gasteiger partial charge on any atom is 0.232 e. The van der Waals surface area contributed by atoms with Crippen LogP contribution in [-0.4, -0.2) is 37.2 Å². The maximum absolute atomic E-state index is 12.1. The standard InChI is InChI=1S/C19H21N7O2S2/c1-2-14(27)21-19-26-24-17(30-19)12-7-11(8-12)9-16-23-25-18(29-16)22-15(28)10-13-5-3-4-6-20-13/h3-6,11-12H,2,7-10H2,1H3,(H,21,26,27)(H,22,25,28)/t11-,12+. The zero-order chi connectivity index (χ0) is 20.9. The Balaban J connectivity index is 1.23. The van der Waals surface area contributed by atoms with E-state index >= 15 is 0 Å². The summed E-state index contributed by atoms with van der Waals surface area (Å²) in [5.74, 6) is 0.688. The molecule has 0 spiro atoms. The lowest BCUT2D eigenvalue weighted by molar-refractivity contribution is -0.116. The van der Waals surface area contributed by atoms with Crippen LogP contribution in [0.2, 0.25) is 0 Å². The van der Waals surface area contributed by atoms with Crippen molar-refractivity contribution in [3.8, 4) is 0 Å². The number of pyridine rings is 1. The van der Waals surface area contributed by atoms with Crippen LogP contribution in [-0.2, 0) is 22.4 Å². The van der Waals surface area contributed by atoms with Crippen LogP contribution < -0.4 is 10.6 Å². The average Bonchev–Trinajstić information content (AvgIpc) is 3.34. The molecule has 1 aliphatic rings. The Bertz CT molecular complexity index is 1010. The van der Waals surface area contributed by atoms with Crippen molar-refractivity contribution in [2.45, 2.75) is 44.9 Å². The minimum Gasteiger partial charge on any atom is -0.301 e. The van der Waals surface area contributed by atoms with Crippen LogP contribution in [0.25, 0.3) is 0 Å². The van der Waals surface area contributed by atoms with Crippen LogP contribution in [0.15, 0.2) is 24.4 Å². The maximum atomic E-state index is 12.1. The molecule has 0 aromatic carbocycles. The lowest BCUT2D eigenvalue weighted by atomic mass is 9.74. The summed E-state index contributed by atoms with van der Waals surface area (Å²) in [6.07, 6.45) is 5.16. The molecule has 1 saturated carbocycles. The number of rotatable bonds is 8. The number of nitrogens with zero attached hydrogens (tertiary/aromatic N) is 5. The van der Waals surface area contributed by atoms with Gasteiger partial charge in [0.25, 0.3) is 0 Å².